The van der Waals surface area contributed by atoms with Crippen LogP contribution in [0.25, 0.3) is 0 Å². The Labute approximate surface area is 194 Å². The second-order valence-electron chi connectivity index (χ2n) is 8.15. The van der Waals surface area contributed by atoms with Gasteiger partial charge in [0.25, 0.3) is 0 Å². The molecule has 1 heterocycles. The SMILES string of the molecule is CCCCC1(CC)CN(c2ccccc2)c2cc(Cl)c(O/C=C/C(=O)O)cc2S(=O)(=O)C1. The lowest BCUT2D eigenvalue weighted by atomic mass is 9.81. The maximum Gasteiger partial charge on any atom is 0.331 e. The van der Waals surface area contributed by atoms with Crippen molar-refractivity contribution in [2.75, 3.05) is 17.2 Å². The molecule has 0 fully saturated rings. The van der Waals surface area contributed by atoms with Gasteiger partial charge in [-0.05, 0) is 31.0 Å². The Bertz CT molecular complexity index is 1100. The highest BCUT2D eigenvalue weighted by Gasteiger charge is 2.41. The monoisotopic (exact) mass is 477 g/mol. The third kappa shape index (κ3) is 5.27. The first kappa shape index (κ1) is 24.1. The van der Waals surface area contributed by atoms with Crippen molar-refractivity contribution in [2.24, 2.45) is 5.41 Å². The molecule has 0 aromatic heterocycles. The van der Waals surface area contributed by atoms with E-state index >= 15 is 0 Å². The van der Waals surface area contributed by atoms with Crippen molar-refractivity contribution in [1.82, 2.24) is 0 Å². The molecule has 0 amide bonds. The van der Waals surface area contributed by atoms with Crippen LogP contribution in [-0.4, -0.2) is 31.8 Å². The minimum absolute atomic E-state index is 0.0267. The molecule has 1 N–H and O–H groups in total. The van der Waals surface area contributed by atoms with E-state index in [1.807, 2.05) is 42.2 Å². The van der Waals surface area contributed by atoms with Gasteiger partial charge < -0.3 is 14.7 Å². The van der Waals surface area contributed by atoms with Gasteiger partial charge in [-0.1, -0.05) is 56.5 Å². The molecule has 2 aromatic rings. The Hall–Kier alpha value is -2.51. The zero-order valence-electron chi connectivity index (χ0n) is 18.3. The quantitative estimate of drug-likeness (QED) is 0.380. The highest BCUT2D eigenvalue weighted by Crippen LogP contribution is 2.46. The summed E-state index contributed by atoms with van der Waals surface area (Å²) in [7, 11) is -3.67. The van der Waals surface area contributed by atoms with E-state index in [2.05, 4.69) is 6.92 Å². The third-order valence-electron chi connectivity index (χ3n) is 5.91. The van der Waals surface area contributed by atoms with Crippen LogP contribution in [-0.2, 0) is 14.6 Å². The van der Waals surface area contributed by atoms with Crippen molar-refractivity contribution >= 4 is 38.8 Å². The molecular weight excluding hydrogens is 450 g/mol. The molecule has 1 aliphatic rings. The van der Waals surface area contributed by atoms with Gasteiger partial charge in [0.1, 0.15) is 5.75 Å². The van der Waals surface area contributed by atoms with E-state index in [1.165, 1.54) is 6.07 Å². The smallest absolute Gasteiger partial charge is 0.331 e. The Morgan fingerprint density at radius 1 is 1.25 bits per heavy atom. The summed E-state index contributed by atoms with van der Waals surface area (Å²) in [5.74, 6) is -1.06. The van der Waals surface area contributed by atoms with E-state index in [0.717, 1.165) is 43.7 Å². The number of aliphatic carboxylic acids is 1. The fraction of sp³-hybridized carbons (Fsp3) is 0.375. The summed E-state index contributed by atoms with van der Waals surface area (Å²) in [5.41, 5.74) is 0.971. The predicted octanol–water partition coefficient (Wildman–Crippen LogP) is 5.83. The Kier molecular flexibility index (Phi) is 7.51. The van der Waals surface area contributed by atoms with Crippen LogP contribution in [0.15, 0.2) is 59.7 Å². The molecule has 8 heteroatoms. The number of carbonyl (C=O) groups is 1. The number of nitrogens with zero attached hydrogens (tertiary/aromatic N) is 1. The zero-order chi connectivity index (χ0) is 23.4. The molecule has 0 radical (unpaired) electrons. The van der Waals surface area contributed by atoms with Gasteiger partial charge in [-0.25, -0.2) is 13.2 Å². The summed E-state index contributed by atoms with van der Waals surface area (Å²) in [6.45, 7) is 4.70. The van der Waals surface area contributed by atoms with Crippen molar-refractivity contribution in [3.8, 4) is 5.75 Å². The van der Waals surface area contributed by atoms with E-state index in [0.29, 0.717) is 12.2 Å². The summed E-state index contributed by atoms with van der Waals surface area (Å²) in [6, 6.07) is 12.7. The minimum atomic E-state index is -3.67. The average molecular weight is 478 g/mol. The fourth-order valence-corrected chi connectivity index (χ4v) is 6.50. The zero-order valence-corrected chi connectivity index (χ0v) is 19.8. The Balaban J connectivity index is 2.19. The molecule has 0 spiro atoms. The molecule has 2 aromatic carbocycles. The molecule has 1 unspecified atom stereocenters. The van der Waals surface area contributed by atoms with E-state index in [1.54, 1.807) is 6.07 Å². The number of hydrogen-bond acceptors (Lipinski definition) is 5. The topological polar surface area (TPSA) is 83.9 Å². The number of halogens is 1. The third-order valence-corrected chi connectivity index (χ3v) is 8.20. The number of para-hydroxylation sites is 1. The number of ether oxygens (including phenoxy) is 1. The van der Waals surface area contributed by atoms with Crippen LogP contribution in [0, 0.1) is 5.41 Å². The van der Waals surface area contributed by atoms with Crippen LogP contribution >= 0.6 is 11.6 Å². The van der Waals surface area contributed by atoms with Gasteiger partial charge in [0.05, 0.1) is 33.7 Å². The first-order valence-electron chi connectivity index (χ1n) is 10.7. The molecule has 172 valence electrons. The molecule has 0 saturated carbocycles. The van der Waals surface area contributed by atoms with Crippen LogP contribution in [0.4, 0.5) is 11.4 Å². The molecule has 0 bridgehead atoms. The van der Waals surface area contributed by atoms with Gasteiger partial charge >= 0.3 is 5.97 Å². The highest BCUT2D eigenvalue weighted by molar-refractivity contribution is 7.91. The van der Waals surface area contributed by atoms with Crippen molar-refractivity contribution in [3.63, 3.8) is 0 Å². The van der Waals surface area contributed by atoms with Gasteiger partial charge in [-0.3, -0.25) is 0 Å². The minimum Gasteiger partial charge on any atom is -0.478 e. The van der Waals surface area contributed by atoms with Gasteiger partial charge in [0.2, 0.25) is 0 Å². The van der Waals surface area contributed by atoms with E-state index in [-0.39, 0.29) is 21.4 Å². The van der Waals surface area contributed by atoms with Gasteiger partial charge in [0.15, 0.2) is 9.84 Å². The lowest BCUT2D eigenvalue weighted by molar-refractivity contribution is -0.131. The molecule has 1 atom stereocenters. The molecule has 1 aliphatic heterocycles. The van der Waals surface area contributed by atoms with Crippen molar-refractivity contribution in [2.45, 2.75) is 44.4 Å². The fourth-order valence-electron chi connectivity index (χ4n) is 4.12. The summed E-state index contributed by atoms with van der Waals surface area (Å²) < 4.78 is 32.6. The Morgan fingerprint density at radius 3 is 2.59 bits per heavy atom. The summed E-state index contributed by atoms with van der Waals surface area (Å²) in [5, 5.41) is 8.99. The first-order chi connectivity index (χ1) is 15.2. The van der Waals surface area contributed by atoms with Gasteiger partial charge in [0, 0.05) is 23.7 Å². The van der Waals surface area contributed by atoms with Crippen molar-refractivity contribution in [1.29, 1.82) is 0 Å². The highest BCUT2D eigenvalue weighted by atomic mass is 35.5. The number of carboxylic acids is 1. The van der Waals surface area contributed by atoms with Crippen molar-refractivity contribution < 1.29 is 23.1 Å². The molecular formula is C24H28ClNO5S. The second kappa shape index (κ2) is 9.96. The molecule has 6 nitrogen and oxygen atoms in total. The lowest BCUT2D eigenvalue weighted by Gasteiger charge is -2.36. The number of carboxylic acid groups (broad SMARTS) is 1. The standard InChI is InChI=1S/C24H28ClNO5S/c1-3-5-12-24(4-2)16-26(18-9-7-6-8-10-18)20-14-19(25)21(31-13-11-23(27)28)15-22(20)32(29,30)17-24/h6-11,13-15H,3-5,12,16-17H2,1-2H3,(H,27,28)/b13-11+. The number of sulfone groups is 1. The van der Waals surface area contributed by atoms with E-state index in [9.17, 15) is 13.2 Å². The number of fused-ring (bicyclic) bond motifs is 1. The first-order valence-corrected chi connectivity index (χ1v) is 12.7. The van der Waals surface area contributed by atoms with Crippen LogP contribution in [0.2, 0.25) is 5.02 Å². The number of rotatable bonds is 8. The molecule has 3 rings (SSSR count). The molecule has 0 aliphatic carbocycles. The number of hydrogen-bond donors (Lipinski definition) is 1. The summed E-state index contributed by atoms with van der Waals surface area (Å²) in [4.78, 5) is 12.9. The average Bonchev–Trinajstić information content (AvgIpc) is 2.85. The maximum atomic E-state index is 13.6. The summed E-state index contributed by atoms with van der Waals surface area (Å²) in [6.07, 6.45) is 5.25. The normalized spacial score (nSPS) is 20.0. The van der Waals surface area contributed by atoms with Gasteiger partial charge in [-0.15, -0.1) is 0 Å². The van der Waals surface area contributed by atoms with Crippen LogP contribution in [0.3, 0.4) is 0 Å². The second-order valence-corrected chi connectivity index (χ2v) is 10.5. The van der Waals surface area contributed by atoms with E-state index in [4.69, 9.17) is 21.4 Å². The van der Waals surface area contributed by atoms with Crippen molar-refractivity contribution in [3.05, 3.63) is 59.8 Å². The lowest BCUT2D eigenvalue weighted by Crippen LogP contribution is -2.37. The number of anilines is 2. The number of unbranched alkanes of at least 4 members (excludes halogenated alkanes) is 1. The van der Waals surface area contributed by atoms with Gasteiger partial charge in [-0.2, -0.15) is 0 Å². The molecule has 0 saturated heterocycles. The van der Waals surface area contributed by atoms with Crippen LogP contribution in [0.5, 0.6) is 5.75 Å². The predicted molar refractivity (Wildman–Crippen MR) is 127 cm³/mol. The maximum absolute atomic E-state index is 13.6. The Morgan fingerprint density at radius 2 is 1.97 bits per heavy atom. The summed E-state index contributed by atoms with van der Waals surface area (Å²) >= 11 is 6.44. The largest absolute Gasteiger partial charge is 0.478 e. The van der Waals surface area contributed by atoms with Crippen LogP contribution in [0.1, 0.15) is 39.5 Å². The number of benzene rings is 2. The molecule has 32 heavy (non-hydrogen) atoms. The van der Waals surface area contributed by atoms with Crippen LogP contribution < -0.4 is 9.64 Å². The van der Waals surface area contributed by atoms with E-state index < -0.39 is 21.2 Å².